The maximum Gasteiger partial charge on any atom is 0.305 e. The van der Waals surface area contributed by atoms with Crippen molar-refractivity contribution < 1.29 is 14.3 Å². The van der Waals surface area contributed by atoms with Gasteiger partial charge in [-0.05, 0) is 6.42 Å². The van der Waals surface area contributed by atoms with Crippen molar-refractivity contribution in [3.63, 3.8) is 0 Å². The fourth-order valence-corrected chi connectivity index (χ4v) is 0.592. The number of carbonyl (C=O) groups is 1. The Kier molecular flexibility index (Phi) is 5.84. The van der Waals surface area contributed by atoms with Crippen LogP contribution in [0.3, 0.4) is 0 Å². The molecule has 0 saturated carbocycles. The van der Waals surface area contributed by atoms with E-state index in [1.807, 2.05) is 0 Å². The van der Waals surface area contributed by atoms with Crippen LogP contribution in [0.2, 0.25) is 0 Å². The number of esters is 1. The van der Waals surface area contributed by atoms with Crippen molar-refractivity contribution in [3.05, 3.63) is 6.29 Å². The number of ether oxygens (including phenoxy) is 2. The highest BCUT2D eigenvalue weighted by Crippen LogP contribution is 2.04. The summed E-state index contributed by atoms with van der Waals surface area (Å²) >= 11 is 0. The summed E-state index contributed by atoms with van der Waals surface area (Å²) in [5, 5.41) is 0. The molecule has 0 atom stereocenters. The Bertz CT molecular complexity index is 112. The topological polar surface area (TPSA) is 35.5 Å². The van der Waals surface area contributed by atoms with E-state index >= 15 is 0 Å². The zero-order chi connectivity index (χ0) is 8.69. The minimum absolute atomic E-state index is 0.334. The van der Waals surface area contributed by atoms with Crippen molar-refractivity contribution in [2.75, 3.05) is 6.61 Å². The number of rotatable bonds is 5. The number of hydrogen-bond acceptors (Lipinski definition) is 3. The average molecular weight is 159 g/mol. The summed E-state index contributed by atoms with van der Waals surface area (Å²) in [6, 6.07) is 0. The molecule has 0 aliphatic rings. The van der Waals surface area contributed by atoms with Crippen LogP contribution in [0.15, 0.2) is 0 Å². The van der Waals surface area contributed by atoms with Gasteiger partial charge >= 0.3 is 5.97 Å². The van der Waals surface area contributed by atoms with Crippen molar-refractivity contribution in [1.29, 1.82) is 0 Å². The summed E-state index contributed by atoms with van der Waals surface area (Å²) in [6.07, 6.45) is 2.40. The summed E-state index contributed by atoms with van der Waals surface area (Å²) in [5.41, 5.74) is 0. The zero-order valence-electron chi connectivity index (χ0n) is 7.35. The molecule has 0 aromatic heterocycles. The Labute approximate surface area is 67.7 Å². The molecular formula is C8H15O3. The molecule has 1 radical (unpaired) electrons. The summed E-state index contributed by atoms with van der Waals surface area (Å²) < 4.78 is 9.72. The van der Waals surface area contributed by atoms with Gasteiger partial charge in [-0.15, -0.1) is 0 Å². The van der Waals surface area contributed by atoms with E-state index < -0.39 is 0 Å². The van der Waals surface area contributed by atoms with Crippen molar-refractivity contribution in [2.45, 2.75) is 33.6 Å². The molecule has 0 rings (SSSR count). The Morgan fingerprint density at radius 3 is 2.45 bits per heavy atom. The first-order valence-corrected chi connectivity index (χ1v) is 3.81. The molecule has 3 nitrogen and oxygen atoms in total. The molecule has 0 unspecified atom stereocenters. The molecular weight excluding hydrogens is 144 g/mol. The molecule has 0 amide bonds. The van der Waals surface area contributed by atoms with Crippen LogP contribution in [0.25, 0.3) is 0 Å². The van der Waals surface area contributed by atoms with E-state index in [9.17, 15) is 4.79 Å². The van der Waals surface area contributed by atoms with Gasteiger partial charge in [0.2, 0.25) is 0 Å². The Hall–Kier alpha value is -0.570. The first-order chi connectivity index (χ1) is 5.16. The third-order valence-corrected chi connectivity index (χ3v) is 1.09. The lowest BCUT2D eigenvalue weighted by atomic mass is 10.4. The van der Waals surface area contributed by atoms with Crippen molar-refractivity contribution >= 4 is 5.97 Å². The fraction of sp³-hybridized carbons (Fsp3) is 0.750. The van der Waals surface area contributed by atoms with Crippen LogP contribution in [0.4, 0.5) is 0 Å². The Morgan fingerprint density at radius 1 is 1.36 bits per heavy atom. The highest BCUT2D eigenvalue weighted by atomic mass is 16.7. The minimum Gasteiger partial charge on any atom is -0.426 e. The molecule has 0 aromatic rings. The summed E-state index contributed by atoms with van der Waals surface area (Å²) in [7, 11) is 0. The van der Waals surface area contributed by atoms with Crippen LogP contribution < -0.4 is 0 Å². The molecule has 0 N–H and O–H groups in total. The standard InChI is InChI=1S/C8H15O3/c1-4-5-6-10-8(3)11-7(2)9/h4-6H2,1-3H3. The molecule has 0 bridgehead atoms. The van der Waals surface area contributed by atoms with Gasteiger partial charge in [0.1, 0.15) is 0 Å². The summed E-state index contributed by atoms with van der Waals surface area (Å²) in [6.45, 7) is 5.68. The monoisotopic (exact) mass is 159 g/mol. The second-order valence-electron chi connectivity index (χ2n) is 2.29. The highest BCUT2D eigenvalue weighted by Gasteiger charge is 2.05. The van der Waals surface area contributed by atoms with Crippen LogP contribution >= 0.6 is 0 Å². The first-order valence-electron chi connectivity index (χ1n) is 3.81. The lowest BCUT2D eigenvalue weighted by Crippen LogP contribution is -2.08. The largest absolute Gasteiger partial charge is 0.426 e. The van der Waals surface area contributed by atoms with Crippen molar-refractivity contribution in [3.8, 4) is 0 Å². The Morgan fingerprint density at radius 2 is 2.00 bits per heavy atom. The van der Waals surface area contributed by atoms with Gasteiger partial charge in [0.25, 0.3) is 6.29 Å². The fourth-order valence-electron chi connectivity index (χ4n) is 0.592. The SMILES string of the molecule is CCCCO[C](C)OC(C)=O. The number of hydrogen-bond donors (Lipinski definition) is 0. The van der Waals surface area contributed by atoms with Gasteiger partial charge < -0.3 is 9.47 Å². The maximum atomic E-state index is 10.4. The summed E-state index contributed by atoms with van der Waals surface area (Å²) in [5.74, 6) is -0.334. The first kappa shape index (κ1) is 10.4. The second-order valence-corrected chi connectivity index (χ2v) is 2.29. The van der Waals surface area contributed by atoms with Gasteiger partial charge in [0.05, 0.1) is 6.61 Å². The van der Waals surface area contributed by atoms with Crippen LogP contribution in [-0.2, 0) is 14.3 Å². The number of unbranched alkanes of at least 4 members (excludes halogenated alkanes) is 1. The quantitative estimate of drug-likeness (QED) is 0.454. The van der Waals surface area contributed by atoms with E-state index in [0.717, 1.165) is 12.8 Å². The van der Waals surface area contributed by atoms with E-state index in [2.05, 4.69) is 11.7 Å². The van der Waals surface area contributed by atoms with Crippen LogP contribution in [0.5, 0.6) is 0 Å². The highest BCUT2D eigenvalue weighted by molar-refractivity contribution is 5.66. The van der Waals surface area contributed by atoms with Gasteiger partial charge in [-0.1, -0.05) is 13.3 Å². The zero-order valence-corrected chi connectivity index (χ0v) is 7.35. The van der Waals surface area contributed by atoms with Crippen molar-refractivity contribution in [1.82, 2.24) is 0 Å². The van der Waals surface area contributed by atoms with Gasteiger partial charge in [-0.2, -0.15) is 0 Å². The van der Waals surface area contributed by atoms with Gasteiger partial charge in [0, 0.05) is 13.8 Å². The third kappa shape index (κ3) is 7.33. The van der Waals surface area contributed by atoms with E-state index in [1.54, 1.807) is 6.92 Å². The molecule has 0 fully saturated rings. The van der Waals surface area contributed by atoms with Gasteiger partial charge in [-0.25, -0.2) is 0 Å². The minimum atomic E-state index is -0.334. The molecule has 0 spiro atoms. The number of carbonyl (C=O) groups excluding carboxylic acids is 1. The van der Waals surface area contributed by atoms with E-state index in [1.165, 1.54) is 6.92 Å². The normalized spacial score (nSPS) is 10.2. The molecule has 0 heterocycles. The van der Waals surface area contributed by atoms with Crippen LogP contribution in [0.1, 0.15) is 33.6 Å². The molecule has 0 saturated heterocycles. The smallest absolute Gasteiger partial charge is 0.305 e. The average Bonchev–Trinajstić information content (AvgIpc) is 1.86. The third-order valence-electron chi connectivity index (χ3n) is 1.09. The van der Waals surface area contributed by atoms with Crippen LogP contribution in [-0.4, -0.2) is 12.6 Å². The molecule has 11 heavy (non-hydrogen) atoms. The maximum absolute atomic E-state index is 10.4. The predicted molar refractivity (Wildman–Crippen MR) is 41.5 cm³/mol. The molecule has 3 heteroatoms. The molecule has 65 valence electrons. The van der Waals surface area contributed by atoms with Crippen molar-refractivity contribution in [2.24, 2.45) is 0 Å². The lowest BCUT2D eigenvalue weighted by molar-refractivity contribution is -0.150. The molecule has 0 aliphatic heterocycles. The predicted octanol–water partition coefficient (Wildman–Crippen LogP) is 1.88. The van der Waals surface area contributed by atoms with Gasteiger partial charge in [0.15, 0.2) is 0 Å². The van der Waals surface area contributed by atoms with E-state index in [4.69, 9.17) is 4.74 Å². The van der Waals surface area contributed by atoms with E-state index in [-0.39, 0.29) is 5.97 Å². The lowest BCUT2D eigenvalue weighted by Gasteiger charge is -2.09. The second kappa shape index (κ2) is 6.16. The van der Waals surface area contributed by atoms with Crippen LogP contribution in [0, 0.1) is 6.29 Å². The molecule has 0 aromatic carbocycles. The van der Waals surface area contributed by atoms with E-state index in [0.29, 0.717) is 12.9 Å². The summed E-state index contributed by atoms with van der Waals surface area (Å²) in [4.78, 5) is 10.4. The molecule has 0 aliphatic carbocycles. The van der Waals surface area contributed by atoms with Gasteiger partial charge in [-0.3, -0.25) is 4.79 Å². The Balaban J connectivity index is 3.22.